The fourth-order valence-corrected chi connectivity index (χ4v) is 3.36. The van der Waals surface area contributed by atoms with Crippen molar-refractivity contribution in [1.29, 1.82) is 0 Å². The number of methoxy groups -OCH3 is 1. The molecule has 1 aliphatic heterocycles. The second-order valence-corrected chi connectivity index (χ2v) is 7.08. The molecule has 6 heteroatoms. The van der Waals surface area contributed by atoms with Crippen LogP contribution in [0.5, 0.6) is 0 Å². The maximum atomic E-state index is 11.7. The number of aliphatic imine (C=N–C) groups is 1. The smallest absolute Gasteiger partial charge is 0.308 e. The van der Waals surface area contributed by atoms with E-state index in [1.165, 1.54) is 12.7 Å². The predicted molar refractivity (Wildman–Crippen MR) is 112 cm³/mol. The van der Waals surface area contributed by atoms with Gasteiger partial charge in [0.25, 0.3) is 0 Å². The third-order valence-electron chi connectivity index (χ3n) is 5.00. The lowest BCUT2D eigenvalue weighted by molar-refractivity contribution is -0.146. The molecule has 1 aromatic carbocycles. The van der Waals surface area contributed by atoms with Crippen LogP contribution in [-0.2, 0) is 20.7 Å². The summed E-state index contributed by atoms with van der Waals surface area (Å²) in [4.78, 5) is 18.7. The summed E-state index contributed by atoms with van der Waals surface area (Å²) >= 11 is 0. The van der Waals surface area contributed by atoms with Crippen molar-refractivity contribution in [1.82, 2.24) is 10.2 Å². The lowest BCUT2D eigenvalue weighted by atomic mass is 9.97. The SMILES string of the molecule is CCNC(=NCCCCOCCc1ccccc1)N1CCC(C(=O)OC)CC1. The van der Waals surface area contributed by atoms with Crippen LogP contribution in [0.15, 0.2) is 35.3 Å². The van der Waals surface area contributed by atoms with Crippen LogP contribution in [0.4, 0.5) is 0 Å². The molecule has 28 heavy (non-hydrogen) atoms. The van der Waals surface area contributed by atoms with Gasteiger partial charge in [-0.05, 0) is 44.6 Å². The minimum absolute atomic E-state index is 0.0251. The quantitative estimate of drug-likeness (QED) is 0.289. The number of guanidine groups is 1. The fourth-order valence-electron chi connectivity index (χ4n) is 3.36. The second-order valence-electron chi connectivity index (χ2n) is 7.08. The number of carbonyl (C=O) groups is 1. The molecular weight excluding hydrogens is 354 g/mol. The molecule has 0 unspecified atom stereocenters. The highest BCUT2D eigenvalue weighted by atomic mass is 16.5. The highest BCUT2D eigenvalue weighted by Crippen LogP contribution is 2.18. The van der Waals surface area contributed by atoms with Crippen molar-refractivity contribution in [3.63, 3.8) is 0 Å². The topological polar surface area (TPSA) is 63.2 Å². The molecule has 6 nitrogen and oxygen atoms in total. The van der Waals surface area contributed by atoms with Crippen LogP contribution in [0.3, 0.4) is 0 Å². The van der Waals surface area contributed by atoms with Gasteiger partial charge >= 0.3 is 5.97 Å². The van der Waals surface area contributed by atoms with Crippen molar-refractivity contribution in [2.45, 2.75) is 39.0 Å². The summed E-state index contributed by atoms with van der Waals surface area (Å²) in [7, 11) is 1.46. The van der Waals surface area contributed by atoms with Gasteiger partial charge in [0.1, 0.15) is 0 Å². The molecule has 0 saturated carbocycles. The van der Waals surface area contributed by atoms with E-state index < -0.39 is 0 Å². The largest absolute Gasteiger partial charge is 0.469 e. The Morgan fingerprint density at radius 1 is 1.18 bits per heavy atom. The van der Waals surface area contributed by atoms with Gasteiger partial charge in [-0.25, -0.2) is 0 Å². The van der Waals surface area contributed by atoms with Gasteiger partial charge in [-0.1, -0.05) is 30.3 Å². The Morgan fingerprint density at radius 2 is 1.93 bits per heavy atom. The molecule has 0 bridgehead atoms. The van der Waals surface area contributed by atoms with Crippen molar-refractivity contribution >= 4 is 11.9 Å². The molecular formula is C22H35N3O3. The Labute approximate surface area is 169 Å². The normalized spacial score (nSPS) is 15.5. The number of nitrogens with zero attached hydrogens (tertiary/aromatic N) is 2. The van der Waals surface area contributed by atoms with Gasteiger partial charge in [-0.3, -0.25) is 9.79 Å². The average molecular weight is 390 g/mol. The molecule has 1 N–H and O–H groups in total. The number of hydrogen-bond acceptors (Lipinski definition) is 4. The number of carbonyl (C=O) groups excluding carboxylic acids is 1. The Balaban J connectivity index is 1.61. The Bertz CT molecular complexity index is 584. The van der Waals surface area contributed by atoms with Gasteiger partial charge < -0.3 is 19.7 Å². The summed E-state index contributed by atoms with van der Waals surface area (Å²) < 4.78 is 10.6. The van der Waals surface area contributed by atoms with E-state index in [-0.39, 0.29) is 11.9 Å². The van der Waals surface area contributed by atoms with Crippen LogP contribution < -0.4 is 5.32 Å². The van der Waals surface area contributed by atoms with E-state index >= 15 is 0 Å². The minimum atomic E-state index is -0.0890. The van der Waals surface area contributed by atoms with Gasteiger partial charge in [0.05, 0.1) is 19.6 Å². The number of benzene rings is 1. The van der Waals surface area contributed by atoms with E-state index in [0.29, 0.717) is 0 Å². The number of ether oxygens (including phenoxy) is 2. The number of esters is 1. The average Bonchev–Trinajstić information content (AvgIpc) is 2.75. The van der Waals surface area contributed by atoms with Crippen molar-refractivity contribution < 1.29 is 14.3 Å². The summed E-state index contributed by atoms with van der Waals surface area (Å²) in [5.74, 6) is 0.891. The highest BCUT2D eigenvalue weighted by molar-refractivity contribution is 5.80. The van der Waals surface area contributed by atoms with Crippen LogP contribution >= 0.6 is 0 Å². The molecule has 0 aromatic heterocycles. The van der Waals surface area contributed by atoms with Crippen molar-refractivity contribution in [3.8, 4) is 0 Å². The van der Waals surface area contributed by atoms with Gasteiger partial charge in [0.2, 0.25) is 0 Å². The zero-order chi connectivity index (χ0) is 20.0. The van der Waals surface area contributed by atoms with Crippen LogP contribution in [0, 0.1) is 5.92 Å². The zero-order valence-electron chi connectivity index (χ0n) is 17.4. The number of hydrogen-bond donors (Lipinski definition) is 1. The second kappa shape index (κ2) is 13.2. The number of nitrogens with one attached hydrogen (secondary N) is 1. The van der Waals surface area contributed by atoms with Crippen LogP contribution in [0.25, 0.3) is 0 Å². The summed E-state index contributed by atoms with van der Waals surface area (Å²) in [6.45, 7) is 6.95. The third-order valence-corrected chi connectivity index (χ3v) is 5.00. The Kier molecular flexibility index (Phi) is 10.4. The van der Waals surface area contributed by atoms with Gasteiger partial charge in [-0.2, -0.15) is 0 Å². The van der Waals surface area contributed by atoms with Gasteiger partial charge in [-0.15, -0.1) is 0 Å². The van der Waals surface area contributed by atoms with Crippen LogP contribution in [0.1, 0.15) is 38.2 Å². The monoisotopic (exact) mass is 389 g/mol. The molecule has 1 fully saturated rings. The summed E-state index contributed by atoms with van der Waals surface area (Å²) in [5, 5.41) is 3.37. The molecule has 156 valence electrons. The van der Waals surface area contributed by atoms with E-state index in [1.807, 2.05) is 6.07 Å². The van der Waals surface area contributed by atoms with Gasteiger partial charge in [0.15, 0.2) is 5.96 Å². The van der Waals surface area contributed by atoms with Gasteiger partial charge in [0, 0.05) is 32.8 Å². The molecule has 0 atom stereocenters. The van der Waals surface area contributed by atoms with E-state index in [9.17, 15) is 4.79 Å². The first kappa shape index (κ1) is 22.2. The fraction of sp³-hybridized carbons (Fsp3) is 0.636. The van der Waals surface area contributed by atoms with E-state index in [4.69, 9.17) is 14.5 Å². The molecule has 0 radical (unpaired) electrons. The van der Waals surface area contributed by atoms with E-state index in [0.717, 1.165) is 77.5 Å². The molecule has 2 rings (SSSR count). The number of piperidine rings is 1. The molecule has 1 saturated heterocycles. The molecule has 0 spiro atoms. The molecule has 1 aliphatic rings. The Morgan fingerprint density at radius 3 is 2.61 bits per heavy atom. The standard InChI is InChI=1S/C22H35N3O3/c1-3-23-22(25-15-11-20(12-16-25)21(26)27-2)24-14-7-8-17-28-18-13-19-9-5-4-6-10-19/h4-6,9-10,20H,3,7-8,11-18H2,1-2H3,(H,23,24). The first-order chi connectivity index (χ1) is 13.7. The van der Waals surface area contributed by atoms with Crippen molar-refractivity contribution in [2.24, 2.45) is 10.9 Å². The third kappa shape index (κ3) is 7.89. The number of rotatable bonds is 10. The highest BCUT2D eigenvalue weighted by Gasteiger charge is 2.26. The molecule has 0 aliphatic carbocycles. The first-order valence-electron chi connectivity index (χ1n) is 10.5. The summed E-state index contributed by atoms with van der Waals surface area (Å²) in [6, 6.07) is 10.4. The van der Waals surface area contributed by atoms with E-state index in [1.54, 1.807) is 0 Å². The lowest BCUT2D eigenvalue weighted by Gasteiger charge is -2.33. The minimum Gasteiger partial charge on any atom is -0.469 e. The van der Waals surface area contributed by atoms with Crippen molar-refractivity contribution in [2.75, 3.05) is 46.5 Å². The number of likely N-dealkylation sites (tertiary alicyclic amines) is 1. The van der Waals surface area contributed by atoms with E-state index in [2.05, 4.69) is 41.4 Å². The van der Waals surface area contributed by atoms with Crippen molar-refractivity contribution in [3.05, 3.63) is 35.9 Å². The first-order valence-corrected chi connectivity index (χ1v) is 10.5. The van der Waals surface area contributed by atoms with Crippen LogP contribution in [-0.4, -0.2) is 63.3 Å². The predicted octanol–water partition coefficient (Wildman–Crippen LogP) is 2.88. The lowest BCUT2D eigenvalue weighted by Crippen LogP contribution is -2.46. The Hall–Kier alpha value is -2.08. The van der Waals surface area contributed by atoms with Crippen LogP contribution in [0.2, 0.25) is 0 Å². The maximum absolute atomic E-state index is 11.7. The summed E-state index contributed by atoms with van der Waals surface area (Å²) in [6.07, 6.45) is 4.64. The number of unbranched alkanes of at least 4 members (excludes halogenated alkanes) is 1. The summed E-state index contributed by atoms with van der Waals surface area (Å²) in [5.41, 5.74) is 1.32. The molecule has 1 heterocycles. The molecule has 0 amide bonds. The maximum Gasteiger partial charge on any atom is 0.308 e. The molecule has 1 aromatic rings. The zero-order valence-corrected chi connectivity index (χ0v) is 17.4.